The van der Waals surface area contributed by atoms with E-state index in [1.165, 1.54) is 19.3 Å². The summed E-state index contributed by atoms with van der Waals surface area (Å²) in [6.07, 6.45) is 3.92. The number of carbonyl (C=O) groups excluding carboxylic acids is 1. The smallest absolute Gasteiger partial charge is 0.224 e. The van der Waals surface area contributed by atoms with E-state index >= 15 is 0 Å². The van der Waals surface area contributed by atoms with Crippen molar-refractivity contribution < 1.29 is 4.79 Å². The molecule has 3 aliphatic rings. The molecule has 2 atom stereocenters. The number of rotatable bonds is 2. The van der Waals surface area contributed by atoms with Crippen molar-refractivity contribution in [2.45, 2.75) is 31.7 Å². The Balaban J connectivity index is 1.57. The molecule has 0 bridgehead atoms. The lowest BCUT2D eigenvalue weighted by Gasteiger charge is -2.40. The molecule has 0 spiro atoms. The van der Waals surface area contributed by atoms with Crippen LogP contribution >= 0.6 is 0 Å². The van der Waals surface area contributed by atoms with Gasteiger partial charge in [-0.2, -0.15) is 0 Å². The van der Waals surface area contributed by atoms with E-state index in [0.29, 0.717) is 11.8 Å². The fourth-order valence-corrected chi connectivity index (χ4v) is 3.18. The molecule has 3 nitrogen and oxygen atoms in total. The molecule has 2 aliphatic carbocycles. The van der Waals surface area contributed by atoms with Crippen LogP contribution in [0.5, 0.6) is 0 Å². The monoisotopic (exact) mass is 194 g/mol. The Morgan fingerprint density at radius 3 is 2.50 bits per heavy atom. The number of fused-ring (bicyclic) bond motifs is 1. The minimum Gasteiger partial charge on any atom is -0.348 e. The molecule has 3 rings (SSSR count). The van der Waals surface area contributed by atoms with Crippen LogP contribution in [-0.2, 0) is 4.79 Å². The summed E-state index contributed by atoms with van der Waals surface area (Å²) in [6.45, 7) is 3.99. The van der Waals surface area contributed by atoms with Gasteiger partial charge in [0.15, 0.2) is 0 Å². The van der Waals surface area contributed by atoms with Gasteiger partial charge in [-0.15, -0.1) is 0 Å². The Morgan fingerprint density at radius 2 is 2.00 bits per heavy atom. The molecule has 1 saturated heterocycles. The van der Waals surface area contributed by atoms with Crippen LogP contribution in [-0.4, -0.2) is 24.5 Å². The highest BCUT2D eigenvalue weighted by Crippen LogP contribution is 2.57. The molecular weight excluding hydrogens is 176 g/mol. The third-order valence-corrected chi connectivity index (χ3v) is 4.16. The fraction of sp³-hybridized carbons (Fsp3) is 0.909. The van der Waals surface area contributed by atoms with Gasteiger partial charge in [-0.3, -0.25) is 4.79 Å². The number of hydrogen-bond donors (Lipinski definition) is 2. The molecule has 2 unspecified atom stereocenters. The molecule has 14 heavy (non-hydrogen) atoms. The first-order chi connectivity index (χ1) is 6.70. The van der Waals surface area contributed by atoms with Crippen LogP contribution in [0, 0.1) is 17.8 Å². The average Bonchev–Trinajstić information content (AvgIpc) is 2.59. The molecule has 0 radical (unpaired) electrons. The van der Waals surface area contributed by atoms with Crippen molar-refractivity contribution in [3.63, 3.8) is 0 Å². The van der Waals surface area contributed by atoms with E-state index in [1.807, 2.05) is 0 Å². The summed E-state index contributed by atoms with van der Waals surface area (Å²) >= 11 is 0. The van der Waals surface area contributed by atoms with E-state index in [2.05, 4.69) is 17.6 Å². The molecule has 0 aromatic heterocycles. The van der Waals surface area contributed by atoms with Crippen molar-refractivity contribution in [3.05, 3.63) is 0 Å². The summed E-state index contributed by atoms with van der Waals surface area (Å²) in [7, 11) is 0. The maximum atomic E-state index is 11.9. The largest absolute Gasteiger partial charge is 0.348 e. The van der Waals surface area contributed by atoms with Gasteiger partial charge >= 0.3 is 0 Å². The molecule has 78 valence electrons. The van der Waals surface area contributed by atoms with Crippen molar-refractivity contribution in [2.75, 3.05) is 13.1 Å². The second-order valence-corrected chi connectivity index (χ2v) is 5.44. The van der Waals surface area contributed by atoms with Crippen LogP contribution in [0.3, 0.4) is 0 Å². The van der Waals surface area contributed by atoms with E-state index in [-0.39, 0.29) is 5.54 Å². The van der Waals surface area contributed by atoms with Gasteiger partial charge in [-0.25, -0.2) is 0 Å². The summed E-state index contributed by atoms with van der Waals surface area (Å²) in [5.41, 5.74) is 0.0496. The third kappa shape index (κ3) is 1.18. The highest BCUT2D eigenvalue weighted by molar-refractivity contribution is 5.83. The first-order valence-corrected chi connectivity index (χ1v) is 5.72. The van der Waals surface area contributed by atoms with Crippen LogP contribution in [0.2, 0.25) is 0 Å². The maximum Gasteiger partial charge on any atom is 0.224 e. The summed E-state index contributed by atoms with van der Waals surface area (Å²) in [5.74, 6) is 2.18. The van der Waals surface area contributed by atoms with Crippen molar-refractivity contribution in [1.82, 2.24) is 10.6 Å². The van der Waals surface area contributed by atoms with E-state index in [9.17, 15) is 4.79 Å². The quantitative estimate of drug-likeness (QED) is 0.672. The second-order valence-electron chi connectivity index (χ2n) is 5.44. The van der Waals surface area contributed by atoms with E-state index in [0.717, 1.165) is 24.9 Å². The molecular formula is C11H18N2O. The Labute approximate surface area is 84.6 Å². The maximum absolute atomic E-state index is 11.9. The summed E-state index contributed by atoms with van der Waals surface area (Å²) in [6, 6.07) is 0. The number of carbonyl (C=O) groups is 1. The lowest BCUT2D eigenvalue weighted by molar-refractivity contribution is -0.125. The van der Waals surface area contributed by atoms with Crippen molar-refractivity contribution in [1.29, 1.82) is 0 Å². The van der Waals surface area contributed by atoms with Crippen LogP contribution in [0.25, 0.3) is 0 Å². The average molecular weight is 194 g/mol. The van der Waals surface area contributed by atoms with Crippen LogP contribution < -0.4 is 10.6 Å². The molecule has 3 fully saturated rings. The predicted molar refractivity (Wildman–Crippen MR) is 53.7 cm³/mol. The van der Waals surface area contributed by atoms with Gasteiger partial charge < -0.3 is 10.6 Å². The zero-order chi connectivity index (χ0) is 9.76. The highest BCUT2D eigenvalue weighted by atomic mass is 16.2. The Kier molecular flexibility index (Phi) is 1.69. The Bertz CT molecular complexity index is 262. The molecule has 1 aliphatic heterocycles. The Hall–Kier alpha value is -0.570. The molecule has 1 amide bonds. The molecule has 2 N–H and O–H groups in total. The summed E-state index contributed by atoms with van der Waals surface area (Å²) in [5, 5.41) is 6.38. The normalized spacial score (nSPS) is 42.5. The summed E-state index contributed by atoms with van der Waals surface area (Å²) in [4.78, 5) is 11.9. The zero-order valence-electron chi connectivity index (χ0n) is 8.68. The molecule has 3 heteroatoms. The zero-order valence-corrected chi connectivity index (χ0v) is 8.68. The lowest BCUT2D eigenvalue weighted by Crippen LogP contribution is -2.67. The number of hydrogen-bond acceptors (Lipinski definition) is 2. The highest BCUT2D eigenvalue weighted by Gasteiger charge is 2.57. The van der Waals surface area contributed by atoms with Gasteiger partial charge in [-0.1, -0.05) is 6.42 Å². The Morgan fingerprint density at radius 1 is 1.36 bits per heavy atom. The van der Waals surface area contributed by atoms with Gasteiger partial charge in [-0.05, 0) is 31.6 Å². The fourth-order valence-electron chi connectivity index (χ4n) is 3.18. The standard InChI is InChI=1S/C11H18N2O/c1-11(5-12-6-11)13-10(14)9-7-3-2-4-8(7)9/h7-9,12H,2-6H2,1H3,(H,13,14). The SMILES string of the molecule is CC1(NC(=O)C2C3CCCC32)CNC1. The molecule has 2 saturated carbocycles. The molecule has 0 aromatic rings. The number of amides is 1. The first-order valence-electron chi connectivity index (χ1n) is 5.72. The van der Waals surface area contributed by atoms with Crippen molar-refractivity contribution >= 4 is 5.91 Å². The van der Waals surface area contributed by atoms with Gasteiger partial charge in [0.05, 0.1) is 5.54 Å². The van der Waals surface area contributed by atoms with Gasteiger partial charge in [0.25, 0.3) is 0 Å². The van der Waals surface area contributed by atoms with Crippen LogP contribution in [0.4, 0.5) is 0 Å². The number of nitrogens with one attached hydrogen (secondary N) is 2. The van der Waals surface area contributed by atoms with Crippen molar-refractivity contribution in [3.8, 4) is 0 Å². The molecule has 0 aromatic carbocycles. The molecule has 1 heterocycles. The van der Waals surface area contributed by atoms with Crippen LogP contribution in [0.1, 0.15) is 26.2 Å². The predicted octanol–water partition coefficient (Wildman–Crippen LogP) is 0.511. The van der Waals surface area contributed by atoms with Crippen LogP contribution in [0.15, 0.2) is 0 Å². The van der Waals surface area contributed by atoms with E-state index < -0.39 is 0 Å². The topological polar surface area (TPSA) is 41.1 Å². The second kappa shape index (κ2) is 2.72. The minimum absolute atomic E-state index is 0.0496. The third-order valence-electron chi connectivity index (χ3n) is 4.16. The van der Waals surface area contributed by atoms with Crippen molar-refractivity contribution in [2.24, 2.45) is 17.8 Å². The minimum atomic E-state index is 0.0496. The van der Waals surface area contributed by atoms with E-state index in [1.54, 1.807) is 0 Å². The van der Waals surface area contributed by atoms with Gasteiger partial charge in [0, 0.05) is 19.0 Å². The van der Waals surface area contributed by atoms with Gasteiger partial charge in [0.1, 0.15) is 0 Å². The summed E-state index contributed by atoms with van der Waals surface area (Å²) < 4.78 is 0. The van der Waals surface area contributed by atoms with E-state index in [4.69, 9.17) is 0 Å². The lowest BCUT2D eigenvalue weighted by atomic mass is 9.94. The van der Waals surface area contributed by atoms with Gasteiger partial charge in [0.2, 0.25) is 5.91 Å². The first kappa shape index (κ1) is 8.72.